The third-order valence-electron chi connectivity index (χ3n) is 4.38. The Morgan fingerprint density at radius 2 is 1.61 bits per heavy atom. The molecule has 0 spiro atoms. The van der Waals surface area contributed by atoms with Gasteiger partial charge in [0.2, 0.25) is 0 Å². The van der Waals surface area contributed by atoms with Crippen molar-refractivity contribution in [1.29, 1.82) is 0 Å². The smallest absolute Gasteiger partial charge is 0.184 e. The second-order valence-corrected chi connectivity index (χ2v) is 7.00. The van der Waals surface area contributed by atoms with Crippen LogP contribution in [0.4, 0.5) is 5.69 Å². The minimum absolute atomic E-state index is 0.104. The van der Waals surface area contributed by atoms with Crippen molar-refractivity contribution in [3.63, 3.8) is 0 Å². The second-order valence-electron chi connectivity index (χ2n) is 5.78. The minimum Gasteiger partial charge on any atom is -0.370 e. The topological polar surface area (TPSA) is 32.7 Å². The maximum atomic E-state index is 12.0. The standard InChI is InChI=1S/C19H18N2OS/c22-18-13-20-19(17-4-2-1-3-16(17)18)14-5-7-15(8-6-14)21-9-11-23-12-10-21/h1-8H,9-13H2. The van der Waals surface area contributed by atoms with Gasteiger partial charge in [0.25, 0.3) is 0 Å². The summed E-state index contributed by atoms with van der Waals surface area (Å²) in [7, 11) is 0. The van der Waals surface area contributed by atoms with Gasteiger partial charge in [0.1, 0.15) is 6.54 Å². The molecule has 1 fully saturated rings. The van der Waals surface area contributed by atoms with Crippen molar-refractivity contribution in [2.75, 3.05) is 36.0 Å². The van der Waals surface area contributed by atoms with Crippen LogP contribution in [0.3, 0.4) is 0 Å². The molecule has 4 rings (SSSR count). The Bertz CT molecular complexity index is 761. The Morgan fingerprint density at radius 1 is 0.913 bits per heavy atom. The molecular formula is C19H18N2OS. The molecule has 0 amide bonds. The van der Waals surface area contributed by atoms with E-state index < -0.39 is 0 Å². The zero-order valence-electron chi connectivity index (χ0n) is 12.9. The molecule has 2 aliphatic heterocycles. The molecule has 0 atom stereocenters. The Labute approximate surface area is 140 Å². The highest BCUT2D eigenvalue weighted by Gasteiger charge is 2.21. The summed E-state index contributed by atoms with van der Waals surface area (Å²) in [5.74, 6) is 2.50. The monoisotopic (exact) mass is 322 g/mol. The van der Waals surface area contributed by atoms with Crippen LogP contribution in [0, 0.1) is 0 Å². The molecule has 1 saturated heterocycles. The number of ketones is 1. The molecule has 0 bridgehead atoms. The maximum absolute atomic E-state index is 12.0. The van der Waals surface area contributed by atoms with Gasteiger partial charge in [-0.25, -0.2) is 0 Å². The first kappa shape index (κ1) is 14.5. The number of benzene rings is 2. The van der Waals surface area contributed by atoms with Crippen LogP contribution >= 0.6 is 11.8 Å². The lowest BCUT2D eigenvalue weighted by Gasteiger charge is -2.28. The highest BCUT2D eigenvalue weighted by atomic mass is 32.2. The largest absolute Gasteiger partial charge is 0.370 e. The van der Waals surface area contributed by atoms with Crippen LogP contribution in [-0.2, 0) is 0 Å². The van der Waals surface area contributed by atoms with E-state index in [1.165, 1.54) is 17.2 Å². The van der Waals surface area contributed by atoms with Gasteiger partial charge in [-0.05, 0) is 12.1 Å². The number of carbonyl (C=O) groups excluding carboxylic acids is 1. The summed E-state index contributed by atoms with van der Waals surface area (Å²) < 4.78 is 0. The maximum Gasteiger partial charge on any atom is 0.184 e. The lowest BCUT2D eigenvalue weighted by atomic mass is 9.93. The average Bonchev–Trinajstić information content (AvgIpc) is 2.63. The van der Waals surface area contributed by atoms with E-state index >= 15 is 0 Å². The lowest BCUT2D eigenvalue weighted by molar-refractivity contribution is 0.1000. The molecular weight excluding hydrogens is 304 g/mol. The first-order valence-corrected chi connectivity index (χ1v) is 9.08. The van der Waals surface area contributed by atoms with E-state index in [1.54, 1.807) is 0 Å². The third kappa shape index (κ3) is 2.79. The molecule has 0 saturated carbocycles. The minimum atomic E-state index is 0.104. The zero-order chi connectivity index (χ0) is 15.6. The molecule has 0 radical (unpaired) electrons. The predicted molar refractivity (Wildman–Crippen MR) is 97.3 cm³/mol. The van der Waals surface area contributed by atoms with Gasteiger partial charge >= 0.3 is 0 Å². The highest BCUT2D eigenvalue weighted by molar-refractivity contribution is 7.99. The number of anilines is 1. The summed E-state index contributed by atoms with van der Waals surface area (Å²) in [5.41, 5.74) is 5.02. The lowest BCUT2D eigenvalue weighted by Crippen LogP contribution is -2.32. The summed E-state index contributed by atoms with van der Waals surface area (Å²) in [4.78, 5) is 19.0. The number of nitrogens with zero attached hydrogens (tertiary/aromatic N) is 2. The summed E-state index contributed by atoms with van der Waals surface area (Å²) in [6.07, 6.45) is 0. The number of aliphatic imine (C=N–C) groups is 1. The van der Waals surface area contributed by atoms with E-state index in [0.29, 0.717) is 0 Å². The fourth-order valence-electron chi connectivity index (χ4n) is 3.15. The molecule has 3 nitrogen and oxygen atoms in total. The summed E-state index contributed by atoms with van der Waals surface area (Å²) in [6.45, 7) is 2.47. The molecule has 0 aliphatic carbocycles. The van der Waals surface area contributed by atoms with Gasteiger partial charge < -0.3 is 4.90 Å². The second kappa shape index (κ2) is 6.20. The number of rotatable bonds is 2. The van der Waals surface area contributed by atoms with E-state index in [2.05, 4.69) is 34.2 Å². The van der Waals surface area contributed by atoms with Gasteiger partial charge in [-0.1, -0.05) is 36.4 Å². The van der Waals surface area contributed by atoms with Crippen molar-refractivity contribution >= 4 is 28.9 Å². The first-order valence-electron chi connectivity index (χ1n) is 7.93. The van der Waals surface area contributed by atoms with E-state index in [-0.39, 0.29) is 12.3 Å². The molecule has 0 N–H and O–H groups in total. The molecule has 23 heavy (non-hydrogen) atoms. The number of fused-ring (bicyclic) bond motifs is 1. The van der Waals surface area contributed by atoms with Crippen LogP contribution in [0.1, 0.15) is 21.5 Å². The van der Waals surface area contributed by atoms with Gasteiger partial charge in [-0.15, -0.1) is 0 Å². The van der Waals surface area contributed by atoms with Crippen LogP contribution in [0.5, 0.6) is 0 Å². The Balaban J connectivity index is 1.65. The first-order chi connectivity index (χ1) is 11.3. The predicted octanol–water partition coefficient (Wildman–Crippen LogP) is 3.27. The van der Waals surface area contributed by atoms with Gasteiger partial charge in [0.05, 0.1) is 5.71 Å². The molecule has 116 valence electrons. The van der Waals surface area contributed by atoms with Crippen LogP contribution in [0.15, 0.2) is 53.5 Å². The van der Waals surface area contributed by atoms with Crippen molar-refractivity contribution in [1.82, 2.24) is 0 Å². The summed E-state index contributed by atoms with van der Waals surface area (Å²) in [6, 6.07) is 16.4. The highest BCUT2D eigenvalue weighted by Crippen LogP contribution is 2.24. The zero-order valence-corrected chi connectivity index (χ0v) is 13.7. The summed E-state index contributed by atoms with van der Waals surface area (Å²) in [5, 5.41) is 0. The Morgan fingerprint density at radius 3 is 2.35 bits per heavy atom. The molecule has 2 aromatic carbocycles. The van der Waals surface area contributed by atoms with Crippen molar-refractivity contribution in [3.05, 3.63) is 65.2 Å². The van der Waals surface area contributed by atoms with E-state index in [9.17, 15) is 4.79 Å². The van der Waals surface area contributed by atoms with Crippen molar-refractivity contribution in [3.8, 4) is 0 Å². The molecule has 2 aromatic rings. The number of hydrogen-bond donors (Lipinski definition) is 0. The molecule has 0 unspecified atom stereocenters. The molecule has 2 aliphatic rings. The van der Waals surface area contributed by atoms with Gasteiger partial charge in [0, 0.05) is 47.0 Å². The van der Waals surface area contributed by atoms with Crippen LogP contribution in [-0.4, -0.2) is 42.6 Å². The van der Waals surface area contributed by atoms with Gasteiger partial charge in [-0.2, -0.15) is 11.8 Å². The Hall–Kier alpha value is -2.07. The molecule has 0 aromatic heterocycles. The van der Waals surface area contributed by atoms with Crippen molar-refractivity contribution < 1.29 is 4.79 Å². The fraction of sp³-hybridized carbons (Fsp3) is 0.263. The Kier molecular flexibility index (Phi) is 3.92. The molecule has 2 heterocycles. The van der Waals surface area contributed by atoms with E-state index in [4.69, 9.17) is 0 Å². The fourth-order valence-corrected chi connectivity index (χ4v) is 4.06. The molecule has 4 heteroatoms. The van der Waals surface area contributed by atoms with Crippen molar-refractivity contribution in [2.24, 2.45) is 4.99 Å². The average molecular weight is 322 g/mol. The number of thioether (sulfide) groups is 1. The van der Waals surface area contributed by atoms with Crippen LogP contribution < -0.4 is 4.90 Å². The van der Waals surface area contributed by atoms with Crippen LogP contribution in [0.25, 0.3) is 0 Å². The number of Topliss-reactive ketones (excluding diaryl/α,β-unsaturated/α-hetero) is 1. The van der Waals surface area contributed by atoms with Gasteiger partial charge in [-0.3, -0.25) is 9.79 Å². The van der Waals surface area contributed by atoms with E-state index in [0.717, 1.165) is 35.5 Å². The normalized spacial score (nSPS) is 17.7. The van der Waals surface area contributed by atoms with E-state index in [1.807, 2.05) is 36.0 Å². The van der Waals surface area contributed by atoms with Gasteiger partial charge in [0.15, 0.2) is 5.78 Å². The van der Waals surface area contributed by atoms with Crippen molar-refractivity contribution in [2.45, 2.75) is 0 Å². The number of carbonyl (C=O) groups is 1. The third-order valence-corrected chi connectivity index (χ3v) is 5.32. The summed E-state index contributed by atoms with van der Waals surface area (Å²) >= 11 is 2.02. The van der Waals surface area contributed by atoms with Crippen LogP contribution in [0.2, 0.25) is 0 Å². The quantitative estimate of drug-likeness (QED) is 0.851. The number of hydrogen-bond acceptors (Lipinski definition) is 4. The SMILES string of the molecule is O=C1CN=C(c2ccc(N3CCSCC3)cc2)c2ccccc21.